The highest BCUT2D eigenvalue weighted by molar-refractivity contribution is 5.89. The predicted octanol–water partition coefficient (Wildman–Crippen LogP) is 4.81. The number of alkyl halides is 3. The summed E-state index contributed by atoms with van der Waals surface area (Å²) in [6, 6.07) is 9.72. The molecular formula is C22H21F4N5O2. The topological polar surface area (TPSA) is 74.5 Å². The van der Waals surface area contributed by atoms with Crippen LogP contribution < -0.4 is 5.32 Å². The quantitative estimate of drug-likeness (QED) is 0.563. The molecule has 1 N–H and O–H groups in total. The van der Waals surface area contributed by atoms with Gasteiger partial charge in [-0.2, -0.15) is 18.2 Å². The molecule has 1 aliphatic heterocycles. The van der Waals surface area contributed by atoms with E-state index in [0.717, 1.165) is 12.1 Å². The maximum absolute atomic E-state index is 13.0. The first-order valence-corrected chi connectivity index (χ1v) is 10.3. The zero-order valence-electron chi connectivity index (χ0n) is 17.6. The number of carbonyl (C=O) groups is 1. The van der Waals surface area contributed by atoms with Crippen LogP contribution in [0.25, 0.3) is 11.4 Å². The van der Waals surface area contributed by atoms with Crippen molar-refractivity contribution in [1.82, 2.24) is 19.9 Å². The molecule has 0 spiro atoms. The van der Waals surface area contributed by atoms with Crippen molar-refractivity contribution in [2.45, 2.75) is 19.1 Å². The van der Waals surface area contributed by atoms with E-state index in [1.807, 2.05) is 11.8 Å². The Hall–Kier alpha value is -3.47. The standard InChI is InChI=1S/C22H21F4N5O2/c1-14(20-28-19(29-33-20)15-3-2-4-16(13-15)22(24,25)26)30-9-11-31(12-10-30)21(32)27-18-7-5-17(23)6-8-18/h2-8,13-14H,9-12H2,1H3,(H,27,32). The normalized spacial score (nSPS) is 16.0. The molecule has 11 heteroatoms. The molecule has 1 unspecified atom stereocenters. The Labute approximate surface area is 187 Å². The van der Waals surface area contributed by atoms with E-state index in [1.165, 1.54) is 36.4 Å². The Morgan fingerprint density at radius 1 is 1.09 bits per heavy atom. The Morgan fingerprint density at radius 2 is 1.79 bits per heavy atom. The van der Waals surface area contributed by atoms with Gasteiger partial charge in [-0.1, -0.05) is 17.3 Å². The summed E-state index contributed by atoms with van der Waals surface area (Å²) in [5.41, 5.74) is -0.0612. The molecule has 0 aliphatic carbocycles. The molecule has 0 saturated carbocycles. The van der Waals surface area contributed by atoms with Crippen LogP contribution in [0, 0.1) is 5.82 Å². The second-order valence-electron chi connectivity index (χ2n) is 7.67. The number of hydrogen-bond acceptors (Lipinski definition) is 5. The zero-order chi connectivity index (χ0) is 23.6. The van der Waals surface area contributed by atoms with Crippen molar-refractivity contribution >= 4 is 11.7 Å². The Balaban J connectivity index is 1.36. The van der Waals surface area contributed by atoms with Crippen molar-refractivity contribution in [3.8, 4) is 11.4 Å². The van der Waals surface area contributed by atoms with Gasteiger partial charge in [0.05, 0.1) is 11.6 Å². The summed E-state index contributed by atoms with van der Waals surface area (Å²) < 4.78 is 57.2. The number of rotatable bonds is 4. The van der Waals surface area contributed by atoms with Gasteiger partial charge in [-0.3, -0.25) is 4.90 Å². The molecule has 2 aromatic carbocycles. The minimum absolute atomic E-state index is 0.0836. The zero-order valence-corrected chi connectivity index (χ0v) is 17.6. The molecule has 1 atom stereocenters. The summed E-state index contributed by atoms with van der Waals surface area (Å²) in [5.74, 6) is -0.0141. The largest absolute Gasteiger partial charge is 0.416 e. The van der Waals surface area contributed by atoms with Crippen molar-refractivity contribution in [3.63, 3.8) is 0 Å². The van der Waals surface area contributed by atoms with Gasteiger partial charge < -0.3 is 14.7 Å². The minimum atomic E-state index is -4.46. The second kappa shape index (κ2) is 9.18. The lowest BCUT2D eigenvalue weighted by Gasteiger charge is -2.36. The summed E-state index contributed by atoms with van der Waals surface area (Å²) in [5, 5.41) is 6.57. The molecule has 2 amide bonds. The van der Waals surface area contributed by atoms with Crippen LogP contribution in [0.4, 0.5) is 28.0 Å². The number of anilines is 1. The van der Waals surface area contributed by atoms with E-state index < -0.39 is 11.7 Å². The van der Waals surface area contributed by atoms with E-state index in [2.05, 4.69) is 15.5 Å². The molecule has 2 heterocycles. The van der Waals surface area contributed by atoms with Crippen LogP contribution in [0.1, 0.15) is 24.4 Å². The number of aromatic nitrogens is 2. The van der Waals surface area contributed by atoms with Crippen molar-refractivity contribution in [3.05, 3.63) is 65.8 Å². The van der Waals surface area contributed by atoms with Crippen molar-refractivity contribution in [2.24, 2.45) is 0 Å². The van der Waals surface area contributed by atoms with Crippen LogP contribution in [-0.2, 0) is 6.18 Å². The number of urea groups is 1. The van der Waals surface area contributed by atoms with Crippen LogP contribution in [0.2, 0.25) is 0 Å². The fourth-order valence-corrected chi connectivity index (χ4v) is 3.56. The molecule has 3 aromatic rings. The summed E-state index contributed by atoms with van der Waals surface area (Å²) in [4.78, 5) is 20.4. The summed E-state index contributed by atoms with van der Waals surface area (Å²) in [7, 11) is 0. The third-order valence-corrected chi connectivity index (χ3v) is 5.49. The highest BCUT2D eigenvalue weighted by atomic mass is 19.4. The number of piperazine rings is 1. The number of carbonyl (C=O) groups excluding carboxylic acids is 1. The lowest BCUT2D eigenvalue weighted by atomic mass is 10.1. The van der Waals surface area contributed by atoms with E-state index in [-0.39, 0.29) is 35.2 Å². The van der Waals surface area contributed by atoms with Crippen LogP contribution in [0.3, 0.4) is 0 Å². The van der Waals surface area contributed by atoms with E-state index in [0.29, 0.717) is 31.9 Å². The highest BCUT2D eigenvalue weighted by Crippen LogP contribution is 2.32. The number of nitrogens with one attached hydrogen (secondary N) is 1. The first-order chi connectivity index (χ1) is 15.7. The molecular weight excluding hydrogens is 442 g/mol. The van der Waals surface area contributed by atoms with Gasteiger partial charge >= 0.3 is 12.2 Å². The lowest BCUT2D eigenvalue weighted by molar-refractivity contribution is -0.137. The average Bonchev–Trinajstić information content (AvgIpc) is 3.30. The molecule has 0 radical (unpaired) electrons. The Kier molecular flexibility index (Phi) is 6.32. The summed E-state index contributed by atoms with van der Waals surface area (Å²) in [6.45, 7) is 3.84. The van der Waals surface area contributed by atoms with Gasteiger partial charge in [0.2, 0.25) is 11.7 Å². The molecule has 1 fully saturated rings. The van der Waals surface area contributed by atoms with Crippen molar-refractivity contribution in [2.75, 3.05) is 31.5 Å². The second-order valence-corrected chi connectivity index (χ2v) is 7.67. The highest BCUT2D eigenvalue weighted by Gasteiger charge is 2.31. The van der Waals surface area contributed by atoms with Crippen LogP contribution >= 0.6 is 0 Å². The number of nitrogens with zero attached hydrogens (tertiary/aromatic N) is 4. The van der Waals surface area contributed by atoms with Gasteiger partial charge in [0, 0.05) is 37.4 Å². The van der Waals surface area contributed by atoms with Crippen LogP contribution in [0.5, 0.6) is 0 Å². The van der Waals surface area contributed by atoms with Crippen LogP contribution in [0.15, 0.2) is 53.1 Å². The molecule has 7 nitrogen and oxygen atoms in total. The van der Waals surface area contributed by atoms with Gasteiger partial charge in [0.25, 0.3) is 0 Å². The summed E-state index contributed by atoms with van der Waals surface area (Å²) >= 11 is 0. The number of halogens is 4. The minimum Gasteiger partial charge on any atom is -0.337 e. The number of amides is 2. The van der Waals surface area contributed by atoms with Crippen LogP contribution in [-0.4, -0.2) is 52.2 Å². The van der Waals surface area contributed by atoms with Gasteiger partial charge in [-0.25, -0.2) is 9.18 Å². The maximum atomic E-state index is 13.0. The van der Waals surface area contributed by atoms with E-state index in [9.17, 15) is 22.4 Å². The molecule has 33 heavy (non-hydrogen) atoms. The maximum Gasteiger partial charge on any atom is 0.416 e. The fourth-order valence-electron chi connectivity index (χ4n) is 3.56. The fraction of sp³-hybridized carbons (Fsp3) is 0.318. The van der Waals surface area contributed by atoms with Gasteiger partial charge in [-0.15, -0.1) is 0 Å². The predicted molar refractivity (Wildman–Crippen MR) is 112 cm³/mol. The number of hydrogen-bond donors (Lipinski definition) is 1. The van der Waals surface area contributed by atoms with Gasteiger partial charge in [0.1, 0.15) is 5.82 Å². The third-order valence-electron chi connectivity index (χ3n) is 5.49. The van der Waals surface area contributed by atoms with E-state index in [1.54, 1.807) is 4.90 Å². The molecule has 174 valence electrons. The molecule has 1 aromatic heterocycles. The summed E-state index contributed by atoms with van der Waals surface area (Å²) in [6.07, 6.45) is -4.46. The molecule has 4 rings (SSSR count). The SMILES string of the molecule is CC(c1nc(-c2cccc(C(F)(F)F)c2)no1)N1CCN(C(=O)Nc2ccc(F)cc2)CC1. The lowest BCUT2D eigenvalue weighted by Crippen LogP contribution is -2.50. The van der Waals surface area contributed by atoms with E-state index in [4.69, 9.17) is 4.52 Å². The first kappa shape index (κ1) is 22.7. The monoisotopic (exact) mass is 463 g/mol. The molecule has 1 saturated heterocycles. The van der Waals surface area contributed by atoms with Crippen molar-refractivity contribution in [1.29, 1.82) is 0 Å². The molecule has 1 aliphatic rings. The average molecular weight is 463 g/mol. The first-order valence-electron chi connectivity index (χ1n) is 10.3. The van der Waals surface area contributed by atoms with E-state index >= 15 is 0 Å². The van der Waals surface area contributed by atoms with Gasteiger partial charge in [0.15, 0.2) is 0 Å². The Bertz CT molecular complexity index is 1110. The smallest absolute Gasteiger partial charge is 0.337 e. The third kappa shape index (κ3) is 5.30. The van der Waals surface area contributed by atoms with Gasteiger partial charge in [-0.05, 0) is 43.3 Å². The Morgan fingerprint density at radius 3 is 2.45 bits per heavy atom. The van der Waals surface area contributed by atoms with Crippen molar-refractivity contribution < 1.29 is 26.9 Å². The molecule has 0 bridgehead atoms. The number of benzene rings is 2.